The number of ether oxygens (including phenoxy) is 1. The van der Waals surface area contributed by atoms with Crippen LogP contribution in [-0.4, -0.2) is 15.2 Å². The van der Waals surface area contributed by atoms with Gasteiger partial charge in [0.05, 0.1) is 12.5 Å². The van der Waals surface area contributed by atoms with E-state index >= 15 is 0 Å². The lowest BCUT2D eigenvalue weighted by atomic mass is 9.86. The third-order valence-corrected chi connectivity index (χ3v) is 3.42. The Morgan fingerprint density at radius 3 is 2.35 bits per heavy atom. The Labute approximate surface area is 106 Å². The van der Waals surface area contributed by atoms with Gasteiger partial charge in [-0.1, -0.05) is 37.7 Å². The highest BCUT2D eigenvalue weighted by molar-refractivity contribution is 6.83. The molecule has 0 radical (unpaired) electrons. The van der Waals surface area contributed by atoms with Gasteiger partial charge < -0.3 is 4.74 Å². The summed E-state index contributed by atoms with van der Waals surface area (Å²) in [7, 11) is 0.380. The molecule has 0 saturated carbocycles. The summed E-state index contributed by atoms with van der Waals surface area (Å²) in [5, 5.41) is 0. The molecule has 0 atom stereocenters. The fraction of sp³-hybridized carbons (Fsp3) is 0.467. The van der Waals surface area contributed by atoms with E-state index < -0.39 is 8.07 Å². The topological polar surface area (TPSA) is 9.23 Å². The third-order valence-electron chi connectivity index (χ3n) is 2.54. The van der Waals surface area contributed by atoms with Gasteiger partial charge in [0.1, 0.15) is 13.8 Å². The Balaban J connectivity index is 3.07. The molecular formula is C15H22OSi. The Kier molecular flexibility index (Phi) is 4.06. The van der Waals surface area contributed by atoms with Crippen molar-refractivity contribution in [2.45, 2.75) is 38.9 Å². The molecule has 92 valence electrons. The van der Waals surface area contributed by atoms with Crippen molar-refractivity contribution in [3.05, 3.63) is 29.8 Å². The van der Waals surface area contributed by atoms with Gasteiger partial charge in [-0.2, -0.15) is 0 Å². The molecule has 1 rings (SSSR count). The number of methoxy groups -OCH3 is 1. The van der Waals surface area contributed by atoms with Crippen LogP contribution >= 0.6 is 0 Å². The molecule has 0 bridgehead atoms. The van der Waals surface area contributed by atoms with Crippen molar-refractivity contribution in [3.8, 4) is 17.2 Å². The number of hydrogen-bond donors (Lipinski definition) is 0. The third kappa shape index (κ3) is 4.28. The Bertz CT molecular complexity index is 444. The van der Waals surface area contributed by atoms with E-state index in [-0.39, 0.29) is 5.41 Å². The molecule has 1 aromatic rings. The second-order valence-electron chi connectivity index (χ2n) is 5.86. The zero-order chi connectivity index (χ0) is 13.1. The second kappa shape index (κ2) is 4.97. The quantitative estimate of drug-likeness (QED) is 0.569. The van der Waals surface area contributed by atoms with Gasteiger partial charge in [-0.05, 0) is 31.5 Å². The van der Waals surface area contributed by atoms with E-state index in [0.717, 1.165) is 5.75 Å². The lowest BCUT2D eigenvalue weighted by Gasteiger charge is -2.20. The molecule has 2 heteroatoms. The number of hydrogen-bond acceptors (Lipinski definition) is 1. The van der Waals surface area contributed by atoms with Crippen LogP contribution in [-0.2, 0) is 5.41 Å². The van der Waals surface area contributed by atoms with E-state index in [1.54, 1.807) is 7.11 Å². The van der Waals surface area contributed by atoms with Gasteiger partial charge in [0, 0.05) is 0 Å². The molecule has 17 heavy (non-hydrogen) atoms. The minimum absolute atomic E-state index is 0.116. The van der Waals surface area contributed by atoms with Crippen LogP contribution in [0.1, 0.15) is 19.4 Å². The van der Waals surface area contributed by atoms with Crippen LogP contribution in [0, 0.1) is 11.5 Å². The zero-order valence-electron chi connectivity index (χ0n) is 11.7. The standard InChI is InChI=1S/C15H22OSi/c1-15(2,10-11-17(4,5)6)13-8-7-9-14(12-13)16-3/h7-9,12H,1-6H3. The molecule has 0 aliphatic heterocycles. The molecule has 0 unspecified atom stereocenters. The Hall–Kier alpha value is -1.20. The van der Waals surface area contributed by atoms with Crippen LogP contribution in [0.5, 0.6) is 5.75 Å². The minimum atomic E-state index is -1.31. The first-order chi connectivity index (χ1) is 7.74. The smallest absolute Gasteiger partial charge is 0.129 e. The maximum Gasteiger partial charge on any atom is 0.129 e. The van der Waals surface area contributed by atoms with E-state index in [1.165, 1.54) is 5.56 Å². The van der Waals surface area contributed by atoms with Crippen molar-refractivity contribution in [3.63, 3.8) is 0 Å². The summed E-state index contributed by atoms with van der Waals surface area (Å²) in [5.74, 6) is 4.32. The van der Waals surface area contributed by atoms with Gasteiger partial charge in [-0.3, -0.25) is 0 Å². The summed E-state index contributed by atoms with van der Waals surface area (Å²) in [6.07, 6.45) is 0. The molecule has 0 aromatic heterocycles. The summed E-state index contributed by atoms with van der Waals surface area (Å²) in [4.78, 5) is 0. The van der Waals surface area contributed by atoms with Crippen LogP contribution in [0.3, 0.4) is 0 Å². The lowest BCUT2D eigenvalue weighted by molar-refractivity contribution is 0.413. The average molecular weight is 246 g/mol. The highest BCUT2D eigenvalue weighted by Gasteiger charge is 2.19. The maximum absolute atomic E-state index is 5.26. The summed E-state index contributed by atoms with van der Waals surface area (Å²) in [5.41, 5.74) is 4.54. The molecule has 0 amide bonds. The molecule has 1 aromatic carbocycles. The molecule has 1 nitrogen and oxygen atoms in total. The van der Waals surface area contributed by atoms with E-state index in [4.69, 9.17) is 4.74 Å². The summed E-state index contributed by atoms with van der Waals surface area (Å²) >= 11 is 0. The normalized spacial score (nSPS) is 11.6. The minimum Gasteiger partial charge on any atom is -0.497 e. The number of rotatable bonds is 2. The molecule has 0 spiro atoms. The summed E-state index contributed by atoms with van der Waals surface area (Å²) in [6.45, 7) is 11.1. The largest absolute Gasteiger partial charge is 0.497 e. The molecule has 0 saturated heterocycles. The first kappa shape index (κ1) is 13.9. The van der Waals surface area contributed by atoms with Crippen molar-refractivity contribution < 1.29 is 4.74 Å². The zero-order valence-corrected chi connectivity index (χ0v) is 12.7. The van der Waals surface area contributed by atoms with Gasteiger partial charge in [-0.15, -0.1) is 5.54 Å². The van der Waals surface area contributed by atoms with Crippen molar-refractivity contribution in [2.75, 3.05) is 7.11 Å². The Morgan fingerprint density at radius 1 is 1.18 bits per heavy atom. The van der Waals surface area contributed by atoms with E-state index in [0.29, 0.717) is 0 Å². The predicted octanol–water partition coefficient (Wildman–Crippen LogP) is 3.85. The van der Waals surface area contributed by atoms with Crippen molar-refractivity contribution in [1.82, 2.24) is 0 Å². The van der Waals surface area contributed by atoms with Crippen LogP contribution < -0.4 is 4.74 Å². The van der Waals surface area contributed by atoms with E-state index in [2.05, 4.69) is 57.1 Å². The summed E-state index contributed by atoms with van der Waals surface area (Å²) in [6, 6.07) is 8.16. The second-order valence-corrected chi connectivity index (χ2v) is 10.6. The first-order valence-electron chi connectivity index (χ1n) is 5.93. The fourth-order valence-electron chi connectivity index (χ4n) is 1.43. The van der Waals surface area contributed by atoms with Crippen molar-refractivity contribution in [2.24, 2.45) is 0 Å². The monoisotopic (exact) mass is 246 g/mol. The molecule has 0 heterocycles. The average Bonchev–Trinajstić information content (AvgIpc) is 2.26. The predicted molar refractivity (Wildman–Crippen MR) is 77.1 cm³/mol. The van der Waals surface area contributed by atoms with Gasteiger partial charge >= 0.3 is 0 Å². The van der Waals surface area contributed by atoms with Crippen LogP contribution in [0.15, 0.2) is 24.3 Å². The highest BCUT2D eigenvalue weighted by Crippen LogP contribution is 2.25. The molecule has 0 aliphatic rings. The first-order valence-corrected chi connectivity index (χ1v) is 9.43. The van der Waals surface area contributed by atoms with Crippen molar-refractivity contribution in [1.29, 1.82) is 0 Å². The number of benzene rings is 1. The van der Waals surface area contributed by atoms with Gasteiger partial charge in [0.15, 0.2) is 0 Å². The summed E-state index contributed by atoms with van der Waals surface area (Å²) < 4.78 is 5.26. The maximum atomic E-state index is 5.26. The molecule has 0 aliphatic carbocycles. The van der Waals surface area contributed by atoms with Gasteiger partial charge in [0.25, 0.3) is 0 Å². The van der Waals surface area contributed by atoms with Gasteiger partial charge in [-0.25, -0.2) is 0 Å². The molecule has 0 fully saturated rings. The molecular weight excluding hydrogens is 224 g/mol. The van der Waals surface area contributed by atoms with Crippen molar-refractivity contribution >= 4 is 8.07 Å². The van der Waals surface area contributed by atoms with Crippen LogP contribution in [0.25, 0.3) is 0 Å². The molecule has 0 N–H and O–H groups in total. The SMILES string of the molecule is COc1cccc(C(C)(C)C#C[Si](C)(C)C)c1. The van der Waals surface area contributed by atoms with E-state index in [1.807, 2.05) is 12.1 Å². The highest BCUT2D eigenvalue weighted by atomic mass is 28.3. The van der Waals surface area contributed by atoms with Crippen LogP contribution in [0.2, 0.25) is 19.6 Å². The fourth-order valence-corrected chi connectivity index (χ4v) is 2.12. The van der Waals surface area contributed by atoms with Gasteiger partial charge in [0.2, 0.25) is 0 Å². The van der Waals surface area contributed by atoms with E-state index in [9.17, 15) is 0 Å². The van der Waals surface area contributed by atoms with Crippen LogP contribution in [0.4, 0.5) is 0 Å². The lowest BCUT2D eigenvalue weighted by Crippen LogP contribution is -2.20. The Morgan fingerprint density at radius 2 is 1.82 bits per heavy atom.